The van der Waals surface area contributed by atoms with Gasteiger partial charge in [-0.05, 0) is 54.4 Å². The van der Waals surface area contributed by atoms with E-state index in [1.165, 1.54) is 0 Å². The molecule has 0 aromatic heterocycles. The lowest BCUT2D eigenvalue weighted by molar-refractivity contribution is 0.112. The van der Waals surface area contributed by atoms with E-state index in [-0.39, 0.29) is 0 Å². The molecule has 0 heterocycles. The summed E-state index contributed by atoms with van der Waals surface area (Å²) in [6.07, 6.45) is 0.800. The van der Waals surface area contributed by atoms with Gasteiger partial charge in [-0.25, -0.2) is 0 Å². The minimum atomic E-state index is 0.442. The number of nitrogens with zero attached hydrogens (tertiary/aromatic N) is 1. The van der Waals surface area contributed by atoms with Crippen molar-refractivity contribution in [1.82, 2.24) is 0 Å². The van der Waals surface area contributed by atoms with Crippen molar-refractivity contribution in [3.63, 3.8) is 0 Å². The number of ether oxygens (including phenoxy) is 1. The Hall–Kier alpha value is -2.60. The molecule has 0 unspecified atom stereocenters. The van der Waals surface area contributed by atoms with Crippen molar-refractivity contribution >= 4 is 6.29 Å². The number of carbonyl (C=O) groups is 1. The Morgan fingerprint density at radius 2 is 1.95 bits per heavy atom. The fraction of sp³-hybridized carbons (Fsp3) is 0.125. The van der Waals surface area contributed by atoms with Crippen LogP contribution in [0.3, 0.4) is 0 Å². The van der Waals surface area contributed by atoms with Crippen molar-refractivity contribution in [2.24, 2.45) is 0 Å². The fourth-order valence-corrected chi connectivity index (χ4v) is 1.73. The van der Waals surface area contributed by atoms with E-state index in [1.807, 2.05) is 19.1 Å². The minimum absolute atomic E-state index is 0.442. The molecule has 0 atom stereocenters. The van der Waals surface area contributed by atoms with Crippen LogP contribution in [0.25, 0.3) is 0 Å². The number of nitriles is 1. The number of aldehydes is 1. The van der Waals surface area contributed by atoms with Crippen molar-refractivity contribution in [2.75, 3.05) is 0 Å². The van der Waals surface area contributed by atoms with Crippen molar-refractivity contribution in [1.29, 1.82) is 5.26 Å². The number of aryl methyl sites for hydroxylation is 1. The first-order valence-electron chi connectivity index (χ1n) is 5.90. The molecule has 0 aliphatic heterocycles. The SMILES string of the molecule is Cc1cc(C#N)ccc1COc1ccc(C=O)cc1. The highest BCUT2D eigenvalue weighted by atomic mass is 16.5. The van der Waals surface area contributed by atoms with Crippen LogP contribution >= 0.6 is 0 Å². The van der Waals surface area contributed by atoms with Gasteiger partial charge in [0.05, 0.1) is 11.6 Å². The molecule has 0 aliphatic rings. The third kappa shape index (κ3) is 3.20. The molecule has 0 spiro atoms. The Labute approximate surface area is 112 Å². The smallest absolute Gasteiger partial charge is 0.150 e. The van der Waals surface area contributed by atoms with E-state index in [2.05, 4.69) is 6.07 Å². The average molecular weight is 251 g/mol. The first-order chi connectivity index (χ1) is 9.22. The summed E-state index contributed by atoms with van der Waals surface area (Å²) in [4.78, 5) is 10.5. The Morgan fingerprint density at radius 1 is 1.21 bits per heavy atom. The van der Waals surface area contributed by atoms with Crippen LogP contribution in [0.2, 0.25) is 0 Å². The Morgan fingerprint density at radius 3 is 2.53 bits per heavy atom. The monoisotopic (exact) mass is 251 g/mol. The molecule has 3 heteroatoms. The number of carbonyl (C=O) groups excluding carboxylic acids is 1. The summed E-state index contributed by atoms with van der Waals surface area (Å²) < 4.78 is 5.65. The summed E-state index contributed by atoms with van der Waals surface area (Å²) in [5, 5.41) is 8.80. The molecule has 94 valence electrons. The van der Waals surface area contributed by atoms with Crippen LogP contribution in [0.15, 0.2) is 42.5 Å². The van der Waals surface area contributed by atoms with Gasteiger partial charge in [-0.15, -0.1) is 0 Å². The van der Waals surface area contributed by atoms with Gasteiger partial charge in [-0.1, -0.05) is 6.07 Å². The summed E-state index contributed by atoms with van der Waals surface area (Å²) in [6, 6.07) is 14.6. The lowest BCUT2D eigenvalue weighted by Crippen LogP contribution is -1.98. The van der Waals surface area contributed by atoms with E-state index in [9.17, 15) is 4.79 Å². The molecule has 0 radical (unpaired) electrons. The maximum Gasteiger partial charge on any atom is 0.150 e. The average Bonchev–Trinajstić information content (AvgIpc) is 2.46. The third-order valence-electron chi connectivity index (χ3n) is 2.88. The maximum atomic E-state index is 10.5. The molecule has 0 N–H and O–H groups in total. The van der Waals surface area contributed by atoms with Gasteiger partial charge < -0.3 is 4.74 Å². The van der Waals surface area contributed by atoms with Gasteiger partial charge in [0.25, 0.3) is 0 Å². The quantitative estimate of drug-likeness (QED) is 0.784. The van der Waals surface area contributed by atoms with Crippen molar-refractivity contribution in [3.8, 4) is 11.8 Å². The van der Waals surface area contributed by atoms with Crippen LogP contribution < -0.4 is 4.74 Å². The molecule has 3 nitrogen and oxygen atoms in total. The zero-order chi connectivity index (χ0) is 13.7. The molecule has 0 amide bonds. The number of benzene rings is 2. The summed E-state index contributed by atoms with van der Waals surface area (Å²) in [7, 11) is 0. The predicted molar refractivity (Wildman–Crippen MR) is 72.1 cm³/mol. The van der Waals surface area contributed by atoms with Crippen LogP contribution in [0.5, 0.6) is 5.75 Å². The van der Waals surface area contributed by atoms with Gasteiger partial charge in [-0.3, -0.25) is 4.79 Å². The van der Waals surface area contributed by atoms with Crippen LogP contribution in [-0.4, -0.2) is 6.29 Å². The number of rotatable bonds is 4. The molecule has 0 bridgehead atoms. The van der Waals surface area contributed by atoms with E-state index >= 15 is 0 Å². The van der Waals surface area contributed by atoms with Crippen molar-refractivity contribution in [3.05, 3.63) is 64.7 Å². The predicted octanol–water partition coefficient (Wildman–Crippen LogP) is 3.26. The van der Waals surface area contributed by atoms with Gasteiger partial charge in [0.15, 0.2) is 0 Å². The standard InChI is InChI=1S/C16H13NO2/c1-12-8-14(9-17)2-5-15(12)11-19-16-6-3-13(10-18)4-7-16/h2-8,10H,11H2,1H3. The molecule has 2 aromatic carbocycles. The summed E-state index contributed by atoms with van der Waals surface area (Å²) in [5.41, 5.74) is 3.35. The van der Waals surface area contributed by atoms with Gasteiger partial charge in [-0.2, -0.15) is 5.26 Å². The largest absolute Gasteiger partial charge is 0.489 e. The summed E-state index contributed by atoms with van der Waals surface area (Å²) >= 11 is 0. The van der Waals surface area contributed by atoms with Crippen LogP contribution in [0, 0.1) is 18.3 Å². The second-order valence-electron chi connectivity index (χ2n) is 4.23. The highest BCUT2D eigenvalue weighted by molar-refractivity contribution is 5.74. The Bertz CT molecular complexity index is 624. The zero-order valence-electron chi connectivity index (χ0n) is 10.6. The molecular formula is C16H13NO2. The van der Waals surface area contributed by atoms with Gasteiger partial charge in [0, 0.05) is 5.56 Å². The molecule has 0 aliphatic carbocycles. The topological polar surface area (TPSA) is 50.1 Å². The van der Waals surface area contributed by atoms with E-state index in [1.54, 1.807) is 30.3 Å². The van der Waals surface area contributed by atoms with E-state index in [0.29, 0.717) is 23.5 Å². The minimum Gasteiger partial charge on any atom is -0.489 e. The lowest BCUT2D eigenvalue weighted by atomic mass is 10.1. The molecule has 19 heavy (non-hydrogen) atoms. The van der Waals surface area contributed by atoms with Crippen LogP contribution in [0.4, 0.5) is 0 Å². The van der Waals surface area contributed by atoms with Crippen molar-refractivity contribution < 1.29 is 9.53 Å². The molecule has 2 aromatic rings. The van der Waals surface area contributed by atoms with E-state index in [0.717, 1.165) is 17.4 Å². The fourth-order valence-electron chi connectivity index (χ4n) is 1.73. The highest BCUT2D eigenvalue weighted by Crippen LogP contribution is 2.16. The molecule has 2 rings (SSSR count). The molecule has 0 fully saturated rings. The third-order valence-corrected chi connectivity index (χ3v) is 2.88. The van der Waals surface area contributed by atoms with Gasteiger partial charge >= 0.3 is 0 Å². The highest BCUT2D eigenvalue weighted by Gasteiger charge is 2.01. The van der Waals surface area contributed by atoms with Crippen molar-refractivity contribution in [2.45, 2.75) is 13.5 Å². The van der Waals surface area contributed by atoms with Gasteiger partial charge in [0.2, 0.25) is 0 Å². The first kappa shape index (κ1) is 12.8. The molecule has 0 saturated heterocycles. The molecular weight excluding hydrogens is 238 g/mol. The van der Waals surface area contributed by atoms with Crippen LogP contribution in [0.1, 0.15) is 27.0 Å². The lowest BCUT2D eigenvalue weighted by Gasteiger charge is -2.09. The number of hydrogen-bond donors (Lipinski definition) is 0. The maximum absolute atomic E-state index is 10.5. The zero-order valence-corrected chi connectivity index (χ0v) is 10.6. The second kappa shape index (κ2) is 5.83. The normalized spacial score (nSPS) is 9.68. The van der Waals surface area contributed by atoms with Gasteiger partial charge in [0.1, 0.15) is 18.6 Å². The second-order valence-corrected chi connectivity index (χ2v) is 4.23. The summed E-state index contributed by atoms with van der Waals surface area (Å²) in [5.74, 6) is 0.717. The number of hydrogen-bond acceptors (Lipinski definition) is 3. The Balaban J connectivity index is 2.05. The molecule has 0 saturated carbocycles. The summed E-state index contributed by atoms with van der Waals surface area (Å²) in [6.45, 7) is 2.40. The van der Waals surface area contributed by atoms with E-state index in [4.69, 9.17) is 10.00 Å². The van der Waals surface area contributed by atoms with E-state index < -0.39 is 0 Å². The first-order valence-corrected chi connectivity index (χ1v) is 5.90. The Kier molecular flexibility index (Phi) is 3.94. The van der Waals surface area contributed by atoms with Crippen LogP contribution in [-0.2, 0) is 6.61 Å².